The molecule has 0 aromatic rings. The average molecular weight is 227 g/mol. The summed E-state index contributed by atoms with van der Waals surface area (Å²) in [5.41, 5.74) is -1.41. The third kappa shape index (κ3) is 1.64. The van der Waals surface area contributed by atoms with Crippen LogP contribution in [0.2, 0.25) is 0 Å². The largest absolute Gasteiger partial charge is 0.469 e. The maximum Gasteiger partial charge on any atom is 0.314 e. The van der Waals surface area contributed by atoms with Crippen molar-refractivity contribution in [3.8, 4) is 0 Å². The van der Waals surface area contributed by atoms with Crippen molar-refractivity contribution in [2.75, 3.05) is 26.7 Å². The standard InChI is InChI=1S/C12H21NO3/c1-3-13-8-6-12(15,7-9-13)11(4-5-11)10(14)16-2/h15H,3-9H2,1-2H3. The SMILES string of the molecule is CCN1CCC(O)(C2(C(=O)OC)CC2)CC1. The van der Waals surface area contributed by atoms with Crippen LogP contribution in [0.1, 0.15) is 32.6 Å². The summed E-state index contributed by atoms with van der Waals surface area (Å²) in [6, 6.07) is 0. The lowest BCUT2D eigenvalue weighted by Crippen LogP contribution is -2.52. The highest BCUT2D eigenvalue weighted by molar-refractivity contribution is 5.81. The van der Waals surface area contributed by atoms with Crippen molar-refractivity contribution in [3.63, 3.8) is 0 Å². The first-order valence-corrected chi connectivity index (χ1v) is 6.11. The fourth-order valence-electron chi connectivity index (χ4n) is 2.90. The number of rotatable bonds is 3. The van der Waals surface area contributed by atoms with Gasteiger partial charge in [-0.15, -0.1) is 0 Å². The third-order valence-corrected chi connectivity index (χ3v) is 4.35. The molecule has 0 unspecified atom stereocenters. The van der Waals surface area contributed by atoms with E-state index in [-0.39, 0.29) is 5.97 Å². The van der Waals surface area contributed by atoms with Gasteiger partial charge in [0.05, 0.1) is 18.1 Å². The van der Waals surface area contributed by atoms with Crippen molar-refractivity contribution in [3.05, 3.63) is 0 Å². The predicted octanol–water partition coefficient (Wildman–Crippen LogP) is 0.786. The molecule has 1 heterocycles. The molecule has 1 aliphatic heterocycles. The van der Waals surface area contributed by atoms with Crippen molar-refractivity contribution in [1.29, 1.82) is 0 Å². The van der Waals surface area contributed by atoms with E-state index in [1.807, 2.05) is 0 Å². The molecule has 4 nitrogen and oxygen atoms in total. The molecule has 0 aromatic carbocycles. The summed E-state index contributed by atoms with van der Waals surface area (Å²) in [6.07, 6.45) is 2.94. The highest BCUT2D eigenvalue weighted by Gasteiger charge is 2.65. The molecule has 1 N–H and O–H groups in total. The molecule has 0 radical (unpaired) electrons. The Morgan fingerprint density at radius 1 is 1.31 bits per heavy atom. The normalized spacial score (nSPS) is 27.4. The number of aliphatic hydroxyl groups is 1. The van der Waals surface area contributed by atoms with Gasteiger partial charge in [-0.25, -0.2) is 0 Å². The van der Waals surface area contributed by atoms with Crippen LogP contribution in [0.4, 0.5) is 0 Å². The van der Waals surface area contributed by atoms with Gasteiger partial charge < -0.3 is 14.7 Å². The molecule has 0 aromatic heterocycles. The Hall–Kier alpha value is -0.610. The van der Waals surface area contributed by atoms with Gasteiger partial charge in [0.25, 0.3) is 0 Å². The highest BCUT2D eigenvalue weighted by atomic mass is 16.5. The fraction of sp³-hybridized carbons (Fsp3) is 0.917. The number of hydrogen-bond donors (Lipinski definition) is 1. The van der Waals surface area contributed by atoms with E-state index >= 15 is 0 Å². The van der Waals surface area contributed by atoms with Crippen LogP contribution < -0.4 is 0 Å². The lowest BCUT2D eigenvalue weighted by molar-refractivity contribution is -0.164. The molecule has 0 spiro atoms. The number of methoxy groups -OCH3 is 1. The number of piperidine rings is 1. The van der Waals surface area contributed by atoms with Crippen molar-refractivity contribution < 1.29 is 14.6 Å². The Morgan fingerprint density at radius 2 is 1.88 bits per heavy atom. The summed E-state index contributed by atoms with van der Waals surface area (Å²) in [5, 5.41) is 10.6. The molecule has 1 saturated carbocycles. The Labute approximate surface area is 96.6 Å². The molecule has 1 aliphatic carbocycles. The van der Waals surface area contributed by atoms with Crippen molar-refractivity contribution in [2.24, 2.45) is 5.41 Å². The van der Waals surface area contributed by atoms with Crippen LogP contribution in [0, 0.1) is 5.41 Å². The topological polar surface area (TPSA) is 49.8 Å². The Bertz CT molecular complexity index is 278. The zero-order valence-corrected chi connectivity index (χ0v) is 10.2. The quantitative estimate of drug-likeness (QED) is 0.724. The maximum absolute atomic E-state index is 11.8. The second kappa shape index (κ2) is 4.00. The van der Waals surface area contributed by atoms with Gasteiger partial charge in [0, 0.05) is 13.1 Å². The van der Waals surface area contributed by atoms with E-state index in [4.69, 9.17) is 4.74 Å². The molecule has 2 rings (SSSR count). The summed E-state index contributed by atoms with van der Waals surface area (Å²) in [6.45, 7) is 4.90. The second-order valence-electron chi connectivity index (χ2n) is 5.04. The minimum Gasteiger partial charge on any atom is -0.469 e. The minimum absolute atomic E-state index is 0.222. The first-order chi connectivity index (χ1) is 7.58. The molecule has 92 valence electrons. The smallest absolute Gasteiger partial charge is 0.314 e. The zero-order chi connectivity index (χ0) is 11.8. The van der Waals surface area contributed by atoms with E-state index < -0.39 is 11.0 Å². The zero-order valence-electron chi connectivity index (χ0n) is 10.2. The van der Waals surface area contributed by atoms with Gasteiger partial charge in [0.1, 0.15) is 0 Å². The van der Waals surface area contributed by atoms with E-state index in [2.05, 4.69) is 11.8 Å². The van der Waals surface area contributed by atoms with Crippen LogP contribution >= 0.6 is 0 Å². The predicted molar refractivity (Wildman–Crippen MR) is 60.0 cm³/mol. The maximum atomic E-state index is 11.8. The van der Waals surface area contributed by atoms with Gasteiger partial charge in [-0.1, -0.05) is 6.92 Å². The first kappa shape index (κ1) is 11.9. The molecule has 16 heavy (non-hydrogen) atoms. The van der Waals surface area contributed by atoms with Gasteiger partial charge in [-0.2, -0.15) is 0 Å². The Balaban J connectivity index is 2.07. The summed E-state index contributed by atoms with van der Waals surface area (Å²) in [5.74, 6) is -0.222. The second-order valence-corrected chi connectivity index (χ2v) is 5.04. The van der Waals surface area contributed by atoms with Crippen LogP contribution in [0.25, 0.3) is 0 Å². The van der Waals surface area contributed by atoms with Crippen LogP contribution in [0.15, 0.2) is 0 Å². The van der Waals surface area contributed by atoms with Crippen LogP contribution in [0.5, 0.6) is 0 Å². The van der Waals surface area contributed by atoms with Crippen LogP contribution in [-0.2, 0) is 9.53 Å². The van der Waals surface area contributed by atoms with Gasteiger partial charge >= 0.3 is 5.97 Å². The van der Waals surface area contributed by atoms with Gasteiger partial charge in [-0.05, 0) is 32.2 Å². The number of carbonyl (C=O) groups excluding carboxylic acids is 1. The van der Waals surface area contributed by atoms with E-state index in [1.54, 1.807) is 0 Å². The summed E-state index contributed by atoms with van der Waals surface area (Å²) >= 11 is 0. The molecule has 1 saturated heterocycles. The highest BCUT2D eigenvalue weighted by Crippen LogP contribution is 2.58. The van der Waals surface area contributed by atoms with Gasteiger partial charge in [0.2, 0.25) is 0 Å². The third-order valence-electron chi connectivity index (χ3n) is 4.35. The average Bonchev–Trinajstić information content (AvgIpc) is 3.10. The number of nitrogens with zero attached hydrogens (tertiary/aromatic N) is 1. The van der Waals surface area contributed by atoms with Crippen molar-refractivity contribution in [1.82, 2.24) is 4.90 Å². The van der Waals surface area contributed by atoms with Crippen molar-refractivity contribution >= 4 is 5.97 Å². The Morgan fingerprint density at radius 3 is 2.25 bits per heavy atom. The number of esters is 1. The molecule has 2 fully saturated rings. The molecule has 0 atom stereocenters. The van der Waals surface area contributed by atoms with Crippen LogP contribution in [0.3, 0.4) is 0 Å². The molecule has 0 amide bonds. The molecular formula is C12H21NO3. The summed E-state index contributed by atoms with van der Waals surface area (Å²) in [7, 11) is 1.41. The lowest BCUT2D eigenvalue weighted by atomic mass is 9.76. The lowest BCUT2D eigenvalue weighted by Gasteiger charge is -2.42. The summed E-state index contributed by atoms with van der Waals surface area (Å²) in [4.78, 5) is 14.1. The van der Waals surface area contributed by atoms with Crippen molar-refractivity contribution in [2.45, 2.75) is 38.2 Å². The summed E-state index contributed by atoms with van der Waals surface area (Å²) < 4.78 is 4.84. The number of ether oxygens (including phenoxy) is 1. The number of carbonyl (C=O) groups is 1. The molecule has 2 aliphatic rings. The monoisotopic (exact) mass is 227 g/mol. The number of likely N-dealkylation sites (tertiary alicyclic amines) is 1. The van der Waals surface area contributed by atoms with E-state index in [1.165, 1.54) is 7.11 Å². The van der Waals surface area contributed by atoms with Crippen LogP contribution in [-0.4, -0.2) is 48.3 Å². The van der Waals surface area contributed by atoms with E-state index in [9.17, 15) is 9.90 Å². The molecule has 0 bridgehead atoms. The Kier molecular flexibility index (Phi) is 2.97. The first-order valence-electron chi connectivity index (χ1n) is 6.11. The van der Waals surface area contributed by atoms with Gasteiger partial charge in [-0.3, -0.25) is 4.79 Å². The van der Waals surface area contributed by atoms with E-state index in [0.29, 0.717) is 12.8 Å². The number of hydrogen-bond acceptors (Lipinski definition) is 4. The molecule has 4 heteroatoms. The fourth-order valence-corrected chi connectivity index (χ4v) is 2.90. The van der Waals surface area contributed by atoms with E-state index in [0.717, 1.165) is 32.5 Å². The minimum atomic E-state index is -0.828. The molecular weight excluding hydrogens is 206 g/mol. The van der Waals surface area contributed by atoms with Gasteiger partial charge in [0.15, 0.2) is 0 Å².